The molecule has 0 radical (unpaired) electrons. The van der Waals surface area contributed by atoms with Crippen LogP contribution in [0.2, 0.25) is 0 Å². The van der Waals surface area contributed by atoms with Crippen LogP contribution in [0.5, 0.6) is 11.5 Å². The van der Waals surface area contributed by atoms with Gasteiger partial charge < -0.3 is 10.2 Å². The molecule has 0 fully saturated rings. The SMILES string of the molecule is Oc1ccc(C2=C(c3ccccc3)Cc3cc(O)ccc32)cc1. The van der Waals surface area contributed by atoms with Gasteiger partial charge in [0.2, 0.25) is 0 Å². The molecule has 0 aromatic heterocycles. The van der Waals surface area contributed by atoms with Crippen molar-refractivity contribution in [1.82, 2.24) is 0 Å². The molecule has 2 N–H and O–H groups in total. The number of benzene rings is 3. The van der Waals surface area contributed by atoms with E-state index in [9.17, 15) is 10.2 Å². The van der Waals surface area contributed by atoms with Gasteiger partial charge in [0.25, 0.3) is 0 Å². The zero-order chi connectivity index (χ0) is 15.8. The number of aromatic hydroxyl groups is 2. The van der Waals surface area contributed by atoms with Crippen molar-refractivity contribution in [3.8, 4) is 11.5 Å². The summed E-state index contributed by atoms with van der Waals surface area (Å²) in [6.45, 7) is 0. The van der Waals surface area contributed by atoms with Crippen LogP contribution in [-0.4, -0.2) is 10.2 Å². The molecule has 0 heterocycles. The Morgan fingerprint density at radius 1 is 0.652 bits per heavy atom. The summed E-state index contributed by atoms with van der Waals surface area (Å²) >= 11 is 0. The van der Waals surface area contributed by atoms with Gasteiger partial charge in [0.1, 0.15) is 11.5 Å². The molecule has 0 saturated carbocycles. The molecule has 1 aliphatic carbocycles. The van der Waals surface area contributed by atoms with E-state index in [4.69, 9.17) is 0 Å². The zero-order valence-electron chi connectivity index (χ0n) is 12.5. The predicted molar refractivity (Wildman–Crippen MR) is 92.3 cm³/mol. The molecule has 0 spiro atoms. The monoisotopic (exact) mass is 300 g/mol. The Morgan fingerprint density at radius 3 is 2.09 bits per heavy atom. The van der Waals surface area contributed by atoms with Gasteiger partial charge in [-0.05, 0) is 64.1 Å². The van der Waals surface area contributed by atoms with Crippen molar-refractivity contribution in [2.75, 3.05) is 0 Å². The second-order valence-electron chi connectivity index (χ2n) is 5.78. The fourth-order valence-corrected chi connectivity index (χ4v) is 3.26. The van der Waals surface area contributed by atoms with Crippen molar-refractivity contribution in [3.05, 3.63) is 95.1 Å². The van der Waals surface area contributed by atoms with Gasteiger partial charge in [0, 0.05) is 0 Å². The summed E-state index contributed by atoms with van der Waals surface area (Å²) in [6.07, 6.45) is 0.796. The van der Waals surface area contributed by atoms with Crippen molar-refractivity contribution in [3.63, 3.8) is 0 Å². The van der Waals surface area contributed by atoms with Crippen LogP contribution in [0.4, 0.5) is 0 Å². The molecular weight excluding hydrogens is 284 g/mol. The van der Waals surface area contributed by atoms with E-state index < -0.39 is 0 Å². The second kappa shape index (κ2) is 5.33. The molecule has 3 aromatic carbocycles. The number of phenolic OH excluding ortho intramolecular Hbond substituents is 2. The van der Waals surface area contributed by atoms with E-state index in [-0.39, 0.29) is 5.75 Å². The normalized spacial score (nSPS) is 13.2. The Morgan fingerprint density at radius 2 is 1.35 bits per heavy atom. The van der Waals surface area contributed by atoms with Gasteiger partial charge in [0.15, 0.2) is 0 Å². The standard InChI is InChI=1S/C21H16O2/c22-17-8-6-15(7-9-17)21-19-11-10-18(23)12-16(19)13-20(21)14-4-2-1-3-5-14/h1-12,22-23H,13H2. The molecular formula is C21H16O2. The summed E-state index contributed by atoms with van der Waals surface area (Å²) in [6, 6.07) is 23.2. The maximum atomic E-state index is 9.79. The Balaban J connectivity index is 1.95. The minimum Gasteiger partial charge on any atom is -0.508 e. The predicted octanol–water partition coefficient (Wildman–Crippen LogP) is 4.61. The Labute approximate surface area is 135 Å². The summed E-state index contributed by atoms with van der Waals surface area (Å²) in [5, 5.41) is 19.4. The third-order valence-electron chi connectivity index (χ3n) is 4.31. The van der Waals surface area contributed by atoms with Crippen LogP contribution in [0.1, 0.15) is 22.3 Å². The lowest BCUT2D eigenvalue weighted by molar-refractivity contribution is 0.474. The highest BCUT2D eigenvalue weighted by Crippen LogP contribution is 2.43. The number of phenols is 2. The molecule has 1 aliphatic rings. The van der Waals surface area contributed by atoms with Crippen LogP contribution in [0.15, 0.2) is 72.8 Å². The zero-order valence-corrected chi connectivity index (χ0v) is 12.5. The van der Waals surface area contributed by atoms with Crippen molar-refractivity contribution in [1.29, 1.82) is 0 Å². The summed E-state index contributed by atoms with van der Waals surface area (Å²) in [7, 11) is 0. The second-order valence-corrected chi connectivity index (χ2v) is 5.78. The van der Waals surface area contributed by atoms with Crippen molar-refractivity contribution < 1.29 is 10.2 Å². The quantitative estimate of drug-likeness (QED) is 0.725. The molecule has 2 nitrogen and oxygen atoms in total. The fraction of sp³-hybridized carbons (Fsp3) is 0.0476. The summed E-state index contributed by atoms with van der Waals surface area (Å²) in [5.74, 6) is 0.558. The van der Waals surface area contributed by atoms with E-state index in [0.717, 1.165) is 23.1 Å². The van der Waals surface area contributed by atoms with E-state index in [0.29, 0.717) is 5.75 Å². The van der Waals surface area contributed by atoms with E-state index in [1.807, 2.05) is 42.5 Å². The highest BCUT2D eigenvalue weighted by Gasteiger charge is 2.24. The molecule has 0 atom stereocenters. The number of allylic oxidation sites excluding steroid dienone is 1. The summed E-state index contributed by atoms with van der Waals surface area (Å²) in [4.78, 5) is 0. The third-order valence-corrected chi connectivity index (χ3v) is 4.31. The highest BCUT2D eigenvalue weighted by atomic mass is 16.3. The van der Waals surface area contributed by atoms with Crippen molar-refractivity contribution in [2.24, 2.45) is 0 Å². The number of hydrogen-bond donors (Lipinski definition) is 2. The number of hydrogen-bond acceptors (Lipinski definition) is 2. The molecule has 23 heavy (non-hydrogen) atoms. The van der Waals surface area contributed by atoms with Crippen molar-refractivity contribution >= 4 is 11.1 Å². The van der Waals surface area contributed by atoms with Gasteiger partial charge in [-0.25, -0.2) is 0 Å². The molecule has 0 bridgehead atoms. The molecule has 2 heteroatoms. The van der Waals surface area contributed by atoms with E-state index in [2.05, 4.69) is 12.1 Å². The van der Waals surface area contributed by atoms with Crippen LogP contribution in [0.25, 0.3) is 11.1 Å². The molecule has 0 amide bonds. The first-order chi connectivity index (χ1) is 11.2. The lowest BCUT2D eigenvalue weighted by Crippen LogP contribution is -1.89. The summed E-state index contributed by atoms with van der Waals surface area (Å²) in [5.41, 5.74) is 6.96. The number of fused-ring (bicyclic) bond motifs is 1. The van der Waals surface area contributed by atoms with Gasteiger partial charge in [-0.3, -0.25) is 0 Å². The molecule has 4 rings (SSSR count). The van der Waals surface area contributed by atoms with Gasteiger partial charge in [-0.15, -0.1) is 0 Å². The van der Waals surface area contributed by atoms with Gasteiger partial charge in [-0.1, -0.05) is 48.5 Å². The first-order valence-electron chi connectivity index (χ1n) is 7.62. The molecule has 0 aliphatic heterocycles. The van der Waals surface area contributed by atoms with Gasteiger partial charge in [-0.2, -0.15) is 0 Å². The summed E-state index contributed by atoms with van der Waals surface area (Å²) < 4.78 is 0. The van der Waals surface area contributed by atoms with Crippen LogP contribution in [0.3, 0.4) is 0 Å². The Hall–Kier alpha value is -3.00. The van der Waals surface area contributed by atoms with Gasteiger partial charge >= 0.3 is 0 Å². The van der Waals surface area contributed by atoms with E-state index in [1.54, 1.807) is 18.2 Å². The highest BCUT2D eigenvalue weighted by molar-refractivity contribution is 6.03. The first kappa shape index (κ1) is 13.6. The van der Waals surface area contributed by atoms with Crippen LogP contribution in [-0.2, 0) is 6.42 Å². The third kappa shape index (κ3) is 2.38. The van der Waals surface area contributed by atoms with E-state index in [1.165, 1.54) is 16.7 Å². The molecule has 3 aromatic rings. The van der Waals surface area contributed by atoms with Crippen LogP contribution < -0.4 is 0 Å². The van der Waals surface area contributed by atoms with Crippen molar-refractivity contribution in [2.45, 2.75) is 6.42 Å². The fourth-order valence-electron chi connectivity index (χ4n) is 3.26. The minimum absolute atomic E-state index is 0.263. The molecule has 112 valence electrons. The van der Waals surface area contributed by atoms with Gasteiger partial charge in [0.05, 0.1) is 0 Å². The topological polar surface area (TPSA) is 40.5 Å². The van der Waals surface area contributed by atoms with E-state index >= 15 is 0 Å². The average Bonchev–Trinajstić information content (AvgIpc) is 2.95. The maximum Gasteiger partial charge on any atom is 0.115 e. The molecule has 0 saturated heterocycles. The molecule has 0 unspecified atom stereocenters. The lowest BCUT2D eigenvalue weighted by Gasteiger charge is -2.10. The number of rotatable bonds is 2. The van der Waals surface area contributed by atoms with Crippen LogP contribution >= 0.6 is 0 Å². The first-order valence-corrected chi connectivity index (χ1v) is 7.62. The largest absolute Gasteiger partial charge is 0.508 e. The minimum atomic E-state index is 0.263. The van der Waals surface area contributed by atoms with Crippen LogP contribution in [0, 0.1) is 0 Å². The lowest BCUT2D eigenvalue weighted by atomic mass is 9.94. The maximum absolute atomic E-state index is 9.79. The smallest absolute Gasteiger partial charge is 0.115 e. The average molecular weight is 300 g/mol. The Kier molecular flexibility index (Phi) is 3.16. The Bertz CT molecular complexity index is 891.